The molecule has 0 fully saturated rings. The van der Waals surface area contributed by atoms with Crippen molar-refractivity contribution < 1.29 is 4.74 Å². The summed E-state index contributed by atoms with van der Waals surface area (Å²) in [5.74, 6) is 2.78. The third-order valence-electron chi connectivity index (χ3n) is 3.87. The highest BCUT2D eigenvalue weighted by atomic mass is 32.2. The number of rotatable bonds is 9. The summed E-state index contributed by atoms with van der Waals surface area (Å²) < 4.78 is 5.57. The molecule has 0 bridgehead atoms. The fourth-order valence-corrected chi connectivity index (χ4v) is 3.32. The monoisotopic (exact) mass is 309 g/mol. The Bertz CT molecular complexity index is 420. The second-order valence-electron chi connectivity index (χ2n) is 6.03. The van der Waals surface area contributed by atoms with Gasteiger partial charge in [-0.1, -0.05) is 45.4 Å². The Morgan fingerprint density at radius 2 is 1.95 bits per heavy atom. The van der Waals surface area contributed by atoms with Crippen LogP contribution in [-0.2, 0) is 0 Å². The van der Waals surface area contributed by atoms with Crippen molar-refractivity contribution >= 4 is 11.8 Å². The molecule has 0 radical (unpaired) electrons. The molecule has 0 aliphatic carbocycles. The van der Waals surface area contributed by atoms with Crippen LogP contribution in [0.25, 0.3) is 0 Å². The van der Waals surface area contributed by atoms with Crippen molar-refractivity contribution in [2.45, 2.75) is 52.3 Å². The van der Waals surface area contributed by atoms with Crippen LogP contribution in [0.3, 0.4) is 0 Å². The Kier molecular flexibility index (Phi) is 8.20. The van der Waals surface area contributed by atoms with Crippen LogP contribution in [0.4, 0.5) is 0 Å². The van der Waals surface area contributed by atoms with Crippen LogP contribution in [0.1, 0.15) is 51.3 Å². The van der Waals surface area contributed by atoms with E-state index in [0.717, 1.165) is 24.5 Å². The number of hydrogen-bond acceptors (Lipinski definition) is 3. The molecule has 120 valence electrons. The molecule has 0 spiro atoms. The highest BCUT2D eigenvalue weighted by molar-refractivity contribution is 7.99. The Hall–Kier alpha value is -0.670. The fourth-order valence-electron chi connectivity index (χ4n) is 2.14. The summed E-state index contributed by atoms with van der Waals surface area (Å²) in [5.41, 5.74) is 2.57. The zero-order valence-electron chi connectivity index (χ0n) is 14.4. The van der Waals surface area contributed by atoms with Gasteiger partial charge in [0.05, 0.1) is 7.11 Å². The van der Waals surface area contributed by atoms with E-state index >= 15 is 0 Å². The number of benzene rings is 1. The van der Waals surface area contributed by atoms with Gasteiger partial charge in [-0.05, 0) is 31.9 Å². The van der Waals surface area contributed by atoms with Crippen molar-refractivity contribution in [1.82, 2.24) is 5.32 Å². The van der Waals surface area contributed by atoms with Gasteiger partial charge in [-0.25, -0.2) is 0 Å². The van der Waals surface area contributed by atoms with Crippen molar-refractivity contribution in [3.63, 3.8) is 0 Å². The van der Waals surface area contributed by atoms with E-state index in [1.807, 2.05) is 11.8 Å². The molecule has 0 amide bonds. The molecule has 2 unspecified atom stereocenters. The molecule has 1 rings (SSSR count). The van der Waals surface area contributed by atoms with Crippen LogP contribution in [0.5, 0.6) is 5.75 Å². The number of nitrogens with one attached hydrogen (secondary N) is 1. The molecule has 1 aromatic rings. The van der Waals surface area contributed by atoms with E-state index < -0.39 is 0 Å². The van der Waals surface area contributed by atoms with Gasteiger partial charge in [0, 0.05) is 22.6 Å². The first-order valence-electron chi connectivity index (χ1n) is 7.99. The van der Waals surface area contributed by atoms with E-state index in [1.54, 1.807) is 7.11 Å². The summed E-state index contributed by atoms with van der Waals surface area (Å²) in [6, 6.07) is 6.81. The molecule has 0 heterocycles. The lowest BCUT2D eigenvalue weighted by Crippen LogP contribution is -2.26. The maximum atomic E-state index is 5.57. The van der Waals surface area contributed by atoms with E-state index in [2.05, 4.69) is 58.1 Å². The van der Waals surface area contributed by atoms with Crippen LogP contribution in [0, 0.1) is 12.8 Å². The van der Waals surface area contributed by atoms with Crippen LogP contribution in [-0.4, -0.2) is 24.7 Å². The van der Waals surface area contributed by atoms with Gasteiger partial charge < -0.3 is 10.1 Å². The lowest BCUT2D eigenvalue weighted by molar-refractivity contribution is 0.402. The van der Waals surface area contributed by atoms with Gasteiger partial charge >= 0.3 is 0 Å². The molecule has 0 aliphatic heterocycles. The van der Waals surface area contributed by atoms with Crippen LogP contribution in [0.15, 0.2) is 18.2 Å². The van der Waals surface area contributed by atoms with Crippen molar-refractivity contribution in [2.24, 2.45) is 5.92 Å². The molecule has 0 saturated carbocycles. The second-order valence-corrected chi connectivity index (χ2v) is 7.44. The van der Waals surface area contributed by atoms with Crippen molar-refractivity contribution in [3.05, 3.63) is 29.3 Å². The average molecular weight is 310 g/mol. The molecule has 1 aromatic carbocycles. The summed E-state index contributed by atoms with van der Waals surface area (Å²) >= 11 is 2.04. The molecular formula is C18H31NOS. The first-order valence-corrected chi connectivity index (χ1v) is 9.04. The van der Waals surface area contributed by atoms with Crippen LogP contribution in [0.2, 0.25) is 0 Å². The summed E-state index contributed by atoms with van der Waals surface area (Å²) in [5, 5.41) is 4.35. The van der Waals surface area contributed by atoms with Gasteiger partial charge in [-0.3, -0.25) is 0 Å². The minimum absolute atomic E-state index is 0.353. The van der Waals surface area contributed by atoms with Gasteiger partial charge in [0.15, 0.2) is 0 Å². The highest BCUT2D eigenvalue weighted by Gasteiger charge is 2.18. The van der Waals surface area contributed by atoms with Crippen LogP contribution < -0.4 is 10.1 Å². The number of ether oxygens (including phenoxy) is 1. The normalized spacial score (nSPS) is 14.2. The Balaban J connectivity index is 2.88. The van der Waals surface area contributed by atoms with E-state index in [1.165, 1.54) is 11.1 Å². The molecule has 2 atom stereocenters. The Morgan fingerprint density at radius 1 is 1.24 bits per heavy atom. The predicted molar refractivity (Wildman–Crippen MR) is 95.5 cm³/mol. The van der Waals surface area contributed by atoms with Gasteiger partial charge in [0.1, 0.15) is 5.75 Å². The fraction of sp³-hybridized carbons (Fsp3) is 0.667. The van der Waals surface area contributed by atoms with E-state index in [9.17, 15) is 0 Å². The summed E-state index contributed by atoms with van der Waals surface area (Å²) in [4.78, 5) is 0. The second kappa shape index (κ2) is 9.37. The summed E-state index contributed by atoms with van der Waals surface area (Å²) in [6.45, 7) is 12.3. The first-order chi connectivity index (χ1) is 9.99. The number of methoxy groups -OCH3 is 1. The molecule has 1 N–H and O–H groups in total. The van der Waals surface area contributed by atoms with E-state index in [-0.39, 0.29) is 0 Å². The van der Waals surface area contributed by atoms with Crippen LogP contribution >= 0.6 is 11.8 Å². The topological polar surface area (TPSA) is 21.3 Å². The third kappa shape index (κ3) is 5.91. The number of aryl methyl sites for hydroxylation is 1. The highest BCUT2D eigenvalue weighted by Crippen LogP contribution is 2.31. The Labute approximate surface area is 135 Å². The SMILES string of the molecule is CCCNC(CSC(C)C(C)C)c1cc(C)ccc1OC. The van der Waals surface area contributed by atoms with Gasteiger partial charge in [0.25, 0.3) is 0 Å². The average Bonchev–Trinajstić information content (AvgIpc) is 2.47. The van der Waals surface area contributed by atoms with E-state index in [0.29, 0.717) is 17.2 Å². The zero-order chi connectivity index (χ0) is 15.8. The standard InChI is InChI=1S/C18H31NOS/c1-7-10-19-17(12-21-15(5)13(2)3)16-11-14(4)8-9-18(16)20-6/h8-9,11,13,15,17,19H,7,10,12H2,1-6H3. The molecular weight excluding hydrogens is 278 g/mol. The summed E-state index contributed by atoms with van der Waals surface area (Å²) in [7, 11) is 1.76. The lowest BCUT2D eigenvalue weighted by Gasteiger charge is -2.24. The van der Waals surface area contributed by atoms with Crippen molar-refractivity contribution in [1.29, 1.82) is 0 Å². The molecule has 0 saturated heterocycles. The third-order valence-corrected chi connectivity index (χ3v) is 5.46. The quantitative estimate of drug-likeness (QED) is 0.706. The zero-order valence-corrected chi connectivity index (χ0v) is 15.2. The maximum Gasteiger partial charge on any atom is 0.123 e. The molecule has 21 heavy (non-hydrogen) atoms. The minimum atomic E-state index is 0.353. The molecule has 2 nitrogen and oxygen atoms in total. The number of hydrogen-bond donors (Lipinski definition) is 1. The minimum Gasteiger partial charge on any atom is -0.496 e. The van der Waals surface area contributed by atoms with Gasteiger partial charge in [-0.15, -0.1) is 0 Å². The van der Waals surface area contributed by atoms with Crippen molar-refractivity contribution in [2.75, 3.05) is 19.4 Å². The molecule has 0 aliphatic rings. The lowest BCUT2D eigenvalue weighted by atomic mass is 10.0. The maximum absolute atomic E-state index is 5.57. The Morgan fingerprint density at radius 3 is 2.52 bits per heavy atom. The largest absolute Gasteiger partial charge is 0.496 e. The van der Waals surface area contributed by atoms with Gasteiger partial charge in [0.2, 0.25) is 0 Å². The van der Waals surface area contributed by atoms with Crippen molar-refractivity contribution in [3.8, 4) is 5.75 Å². The molecule has 3 heteroatoms. The first kappa shape index (κ1) is 18.4. The van der Waals surface area contributed by atoms with E-state index in [4.69, 9.17) is 4.74 Å². The summed E-state index contributed by atoms with van der Waals surface area (Å²) in [6.07, 6.45) is 1.15. The predicted octanol–water partition coefficient (Wildman–Crippen LogP) is 4.82. The van der Waals surface area contributed by atoms with Gasteiger partial charge in [-0.2, -0.15) is 11.8 Å². The number of thioether (sulfide) groups is 1. The smallest absolute Gasteiger partial charge is 0.123 e. The molecule has 0 aromatic heterocycles.